The van der Waals surface area contributed by atoms with E-state index in [0.717, 1.165) is 0 Å². The molecule has 0 spiro atoms. The van der Waals surface area contributed by atoms with Crippen LogP contribution in [-0.2, 0) is 48.2 Å². The van der Waals surface area contributed by atoms with Crippen molar-refractivity contribution < 1.29 is 59.9 Å². The minimum atomic E-state index is -5.82. The summed E-state index contributed by atoms with van der Waals surface area (Å²) in [5.41, 5.74) is -0.748. The lowest BCUT2D eigenvalue weighted by Gasteiger charge is -2.27. The fourth-order valence-electron chi connectivity index (χ4n) is 2.45. The van der Waals surface area contributed by atoms with Crippen molar-refractivity contribution in [2.75, 3.05) is 0 Å². The Morgan fingerprint density at radius 1 is 1.19 bits per heavy atom. The van der Waals surface area contributed by atoms with Crippen LogP contribution in [0.4, 0.5) is 8.78 Å². The zero-order valence-corrected chi connectivity index (χ0v) is 18.8. The van der Waals surface area contributed by atoms with E-state index in [9.17, 15) is 36.4 Å². The number of carbonyl (C=O) groups is 4. The molecule has 1 saturated heterocycles. The van der Waals surface area contributed by atoms with Crippen LogP contribution in [-0.4, -0.2) is 66.0 Å². The van der Waals surface area contributed by atoms with Gasteiger partial charge in [-0.15, -0.1) is 0 Å². The summed E-state index contributed by atoms with van der Waals surface area (Å²) in [5.74, 6) is -4.23. The number of rotatable bonds is 11. The predicted octanol–water partition coefficient (Wildman–Crippen LogP) is 1.53. The van der Waals surface area contributed by atoms with Gasteiger partial charge in [0.25, 0.3) is 0 Å². The zero-order valence-electron chi connectivity index (χ0n) is 18.0. The van der Waals surface area contributed by atoms with Crippen molar-refractivity contribution in [2.45, 2.75) is 89.0 Å². The van der Waals surface area contributed by atoms with E-state index in [4.69, 9.17) is 18.8 Å². The summed E-state index contributed by atoms with van der Waals surface area (Å²) in [4.78, 5) is 47.5. The fraction of sp³-hybridized carbons (Fsp3) is 0.778. The van der Waals surface area contributed by atoms with Crippen molar-refractivity contribution in [3.8, 4) is 0 Å². The predicted molar refractivity (Wildman–Crippen MR) is 101 cm³/mol. The van der Waals surface area contributed by atoms with E-state index in [1.807, 2.05) is 13.8 Å². The maximum atomic E-state index is 13.4. The van der Waals surface area contributed by atoms with Gasteiger partial charge in [0, 0.05) is 6.42 Å². The van der Waals surface area contributed by atoms with Crippen molar-refractivity contribution in [3.05, 3.63) is 0 Å². The average Bonchev–Trinajstić information content (AvgIpc) is 3.05. The Kier molecular flexibility index (Phi) is 9.09. The monoisotopic (exact) mass is 488 g/mol. The molecule has 0 aromatic heterocycles. The van der Waals surface area contributed by atoms with Crippen LogP contribution in [0.2, 0.25) is 0 Å². The first-order valence-electron chi connectivity index (χ1n) is 9.73. The van der Waals surface area contributed by atoms with Gasteiger partial charge in [0.15, 0.2) is 6.10 Å². The molecule has 184 valence electrons. The number of hydrogen-bond acceptors (Lipinski definition) is 10. The van der Waals surface area contributed by atoms with Gasteiger partial charge in [-0.1, -0.05) is 13.8 Å². The molecule has 1 N–H and O–H groups in total. The van der Waals surface area contributed by atoms with Gasteiger partial charge in [-0.25, -0.2) is 9.59 Å². The summed E-state index contributed by atoms with van der Waals surface area (Å²) < 4.78 is 75.7. The normalized spacial score (nSPS) is 20.3. The highest BCUT2D eigenvalue weighted by Gasteiger charge is 2.52. The van der Waals surface area contributed by atoms with Crippen LogP contribution in [0.25, 0.3) is 0 Å². The minimum Gasteiger partial charge on any atom is -0.457 e. The third-order valence-corrected chi connectivity index (χ3v) is 6.01. The van der Waals surface area contributed by atoms with Gasteiger partial charge in [-0.05, 0) is 26.7 Å². The Labute approximate surface area is 183 Å². The maximum Gasteiger partial charge on any atom is 0.405 e. The second-order valence-electron chi connectivity index (χ2n) is 7.39. The van der Waals surface area contributed by atoms with Crippen LogP contribution < -0.4 is 0 Å². The quantitative estimate of drug-likeness (QED) is 0.255. The summed E-state index contributed by atoms with van der Waals surface area (Å²) >= 11 is 0. The van der Waals surface area contributed by atoms with Gasteiger partial charge in [-0.2, -0.15) is 17.2 Å². The molecule has 1 fully saturated rings. The first kappa shape index (κ1) is 27.7. The molecule has 1 heterocycles. The molecule has 1 aliphatic heterocycles. The van der Waals surface area contributed by atoms with Crippen LogP contribution in [0.1, 0.15) is 59.8 Å². The fourth-order valence-corrected chi connectivity index (χ4v) is 2.92. The second kappa shape index (κ2) is 10.5. The van der Waals surface area contributed by atoms with Crippen LogP contribution in [0, 0.1) is 0 Å². The van der Waals surface area contributed by atoms with E-state index in [0.29, 0.717) is 19.8 Å². The Hall–Kier alpha value is -2.35. The van der Waals surface area contributed by atoms with Crippen molar-refractivity contribution in [1.29, 1.82) is 0 Å². The van der Waals surface area contributed by atoms with Gasteiger partial charge in [0.2, 0.25) is 12.2 Å². The largest absolute Gasteiger partial charge is 0.457 e. The van der Waals surface area contributed by atoms with Crippen molar-refractivity contribution >= 4 is 34.0 Å². The molecule has 0 saturated carbocycles. The molecule has 14 heteroatoms. The summed E-state index contributed by atoms with van der Waals surface area (Å²) in [6.07, 6.45) is -5.92. The zero-order chi connectivity index (χ0) is 24.9. The molecule has 1 aliphatic rings. The van der Waals surface area contributed by atoms with E-state index in [1.165, 1.54) is 0 Å². The molecule has 0 aromatic rings. The smallest absolute Gasteiger partial charge is 0.405 e. The molecule has 0 amide bonds. The molecule has 0 radical (unpaired) electrons. The van der Waals surface area contributed by atoms with Gasteiger partial charge >= 0.3 is 39.2 Å². The summed E-state index contributed by atoms with van der Waals surface area (Å²) in [6.45, 7) is 5.89. The highest BCUT2D eigenvalue weighted by atomic mass is 32.2. The number of alkyl halides is 2. The Morgan fingerprint density at radius 3 is 2.22 bits per heavy atom. The molecule has 3 atom stereocenters. The Bertz CT molecular complexity index is 836. The summed E-state index contributed by atoms with van der Waals surface area (Å²) in [6, 6.07) is 0. The number of halogens is 2. The lowest BCUT2D eigenvalue weighted by Crippen LogP contribution is -2.42. The van der Waals surface area contributed by atoms with Crippen molar-refractivity contribution in [2.24, 2.45) is 0 Å². The van der Waals surface area contributed by atoms with E-state index in [2.05, 4.69) is 4.74 Å². The number of esters is 4. The lowest BCUT2D eigenvalue weighted by atomic mass is 10.00. The molecule has 1 rings (SSSR count). The van der Waals surface area contributed by atoms with Crippen molar-refractivity contribution in [1.82, 2.24) is 0 Å². The molecule has 0 aliphatic carbocycles. The highest BCUT2D eigenvalue weighted by Crippen LogP contribution is 2.28. The topological polar surface area (TPSA) is 160 Å². The first-order valence-corrected chi connectivity index (χ1v) is 11.2. The van der Waals surface area contributed by atoms with Crippen LogP contribution in [0.3, 0.4) is 0 Å². The van der Waals surface area contributed by atoms with Gasteiger partial charge in [0.05, 0.1) is 12.8 Å². The molecule has 32 heavy (non-hydrogen) atoms. The third-order valence-electron chi connectivity index (χ3n) is 4.99. The second-order valence-corrected chi connectivity index (χ2v) is 8.88. The first-order chi connectivity index (χ1) is 14.6. The third kappa shape index (κ3) is 7.08. The van der Waals surface area contributed by atoms with E-state index < -0.39 is 76.0 Å². The summed E-state index contributed by atoms with van der Waals surface area (Å²) in [5, 5.41) is -4.74. The molecular formula is C18H26F2O11S. The van der Waals surface area contributed by atoms with Gasteiger partial charge < -0.3 is 18.9 Å². The molecule has 3 unspecified atom stereocenters. The van der Waals surface area contributed by atoms with E-state index in [-0.39, 0.29) is 6.42 Å². The van der Waals surface area contributed by atoms with Crippen LogP contribution in [0.15, 0.2) is 0 Å². The SMILES string of the molecule is CCC(C)(CC)OC(=O)C1CC(OC(=O)CCC(=O)OC(C)C(F)(F)S(=O)(=O)O)C(=O)O1. The number of cyclic esters (lactones) is 1. The van der Waals surface area contributed by atoms with Crippen molar-refractivity contribution in [3.63, 3.8) is 0 Å². The van der Waals surface area contributed by atoms with E-state index in [1.54, 1.807) is 6.92 Å². The average molecular weight is 488 g/mol. The summed E-state index contributed by atoms with van der Waals surface area (Å²) in [7, 11) is -5.82. The standard InChI is InChI=1S/C18H26F2O11S/c1-5-17(4,6-2)31-16(24)12-9-11(15(23)30-12)29-14(22)8-7-13(21)28-10(3)18(19,20)32(25,26)27/h10-12H,5-9H2,1-4H3,(H,25,26,27). The van der Waals surface area contributed by atoms with E-state index >= 15 is 0 Å². The lowest BCUT2D eigenvalue weighted by molar-refractivity contribution is -0.174. The highest BCUT2D eigenvalue weighted by molar-refractivity contribution is 7.86. The molecule has 0 bridgehead atoms. The number of ether oxygens (including phenoxy) is 4. The number of carbonyl (C=O) groups excluding carboxylic acids is 4. The number of hydrogen-bond donors (Lipinski definition) is 1. The van der Waals surface area contributed by atoms with Gasteiger partial charge in [-0.3, -0.25) is 14.1 Å². The molecule has 11 nitrogen and oxygen atoms in total. The molecular weight excluding hydrogens is 462 g/mol. The Morgan fingerprint density at radius 2 is 1.72 bits per heavy atom. The molecule has 0 aromatic carbocycles. The van der Waals surface area contributed by atoms with Crippen LogP contribution in [0.5, 0.6) is 0 Å². The maximum absolute atomic E-state index is 13.4. The minimum absolute atomic E-state index is 0.297. The van der Waals surface area contributed by atoms with Gasteiger partial charge in [0.1, 0.15) is 5.60 Å². The Balaban J connectivity index is 2.54. The van der Waals surface area contributed by atoms with Crippen LogP contribution >= 0.6 is 0 Å².